The lowest BCUT2D eigenvalue weighted by Crippen LogP contribution is -2.33. The molecule has 1 rings (SSSR count). The van der Waals surface area contributed by atoms with Crippen LogP contribution in [-0.4, -0.2) is 40.8 Å². The van der Waals surface area contributed by atoms with Crippen molar-refractivity contribution in [3.63, 3.8) is 0 Å². The Morgan fingerprint density at radius 1 is 1.32 bits per heavy atom. The summed E-state index contributed by atoms with van der Waals surface area (Å²) in [5, 5.41) is 14.6. The van der Waals surface area contributed by atoms with Crippen LogP contribution in [0.25, 0.3) is 0 Å². The molecule has 0 spiro atoms. The van der Waals surface area contributed by atoms with E-state index in [9.17, 15) is 9.59 Å². The molecule has 0 unspecified atom stereocenters. The van der Waals surface area contributed by atoms with E-state index in [1.165, 1.54) is 6.07 Å². The molecule has 0 saturated carbocycles. The normalized spacial score (nSPS) is 10.9. The number of rotatable bonds is 6. The Morgan fingerprint density at radius 3 is 2.59 bits per heavy atom. The van der Waals surface area contributed by atoms with Crippen LogP contribution >= 0.6 is 11.6 Å². The third-order valence-corrected chi connectivity index (χ3v) is 2.68. The molecule has 0 aliphatic carbocycles. The van der Waals surface area contributed by atoms with Crippen LogP contribution in [0, 0.1) is 0 Å². The van der Waals surface area contributed by atoms with Gasteiger partial charge in [0.25, 0.3) is 0 Å². The highest BCUT2D eigenvalue weighted by atomic mass is 35.5. The second-order valence-electron chi connectivity index (χ2n) is 5.54. The minimum absolute atomic E-state index is 0.0876. The maximum absolute atomic E-state index is 11.4. The molecule has 3 N–H and O–H groups in total. The lowest BCUT2D eigenvalue weighted by molar-refractivity contribution is 0.0527. The molecule has 22 heavy (non-hydrogen) atoms. The Bertz CT molecular complexity index is 543. The lowest BCUT2D eigenvalue weighted by atomic mass is 10.2. The van der Waals surface area contributed by atoms with E-state index in [0.29, 0.717) is 25.3 Å². The zero-order valence-electron chi connectivity index (χ0n) is 12.8. The summed E-state index contributed by atoms with van der Waals surface area (Å²) in [4.78, 5) is 26.2. The summed E-state index contributed by atoms with van der Waals surface area (Å²) in [6.45, 7) is 6.33. The first kappa shape index (κ1) is 18.0. The zero-order chi connectivity index (χ0) is 16.8. The summed E-state index contributed by atoms with van der Waals surface area (Å²) >= 11 is 5.73. The van der Waals surface area contributed by atoms with Crippen LogP contribution in [0.2, 0.25) is 5.02 Å². The summed E-state index contributed by atoms with van der Waals surface area (Å²) in [6, 6.07) is 3.06. The van der Waals surface area contributed by atoms with Crippen LogP contribution < -0.4 is 10.6 Å². The van der Waals surface area contributed by atoms with Crippen molar-refractivity contribution in [1.29, 1.82) is 0 Å². The van der Waals surface area contributed by atoms with Crippen LogP contribution in [0.1, 0.15) is 37.7 Å². The number of hydrogen-bond acceptors (Lipinski definition) is 5. The molecule has 8 heteroatoms. The van der Waals surface area contributed by atoms with E-state index in [-0.39, 0.29) is 10.7 Å². The number of aromatic carboxylic acids is 1. The molecule has 0 aromatic carbocycles. The summed E-state index contributed by atoms with van der Waals surface area (Å²) in [6.07, 6.45) is 0.164. The minimum Gasteiger partial charge on any atom is -0.476 e. The van der Waals surface area contributed by atoms with Crippen molar-refractivity contribution in [1.82, 2.24) is 10.3 Å². The number of nitrogens with zero attached hydrogens (tertiary/aromatic N) is 1. The highest BCUT2D eigenvalue weighted by Gasteiger charge is 2.15. The highest BCUT2D eigenvalue weighted by molar-refractivity contribution is 6.33. The zero-order valence-corrected chi connectivity index (χ0v) is 13.5. The van der Waals surface area contributed by atoms with E-state index in [1.54, 1.807) is 26.8 Å². The molecule has 1 heterocycles. The predicted octanol–water partition coefficient (Wildman–Crippen LogP) is 2.76. The van der Waals surface area contributed by atoms with Crippen LogP contribution in [-0.2, 0) is 4.74 Å². The van der Waals surface area contributed by atoms with E-state index in [2.05, 4.69) is 15.6 Å². The number of alkyl carbamates (subject to hydrolysis) is 1. The molecule has 0 bridgehead atoms. The Labute approximate surface area is 134 Å². The van der Waals surface area contributed by atoms with Crippen LogP contribution in [0.15, 0.2) is 12.1 Å². The number of halogens is 1. The number of pyridine rings is 1. The van der Waals surface area contributed by atoms with Crippen molar-refractivity contribution in [3.8, 4) is 0 Å². The first-order chi connectivity index (χ1) is 10.2. The van der Waals surface area contributed by atoms with Crippen molar-refractivity contribution < 1.29 is 19.4 Å². The second kappa shape index (κ2) is 7.84. The van der Waals surface area contributed by atoms with Crippen molar-refractivity contribution in [3.05, 3.63) is 22.8 Å². The number of carbonyl (C=O) groups is 2. The van der Waals surface area contributed by atoms with Crippen molar-refractivity contribution in [2.75, 3.05) is 18.4 Å². The molecule has 1 aromatic rings. The molecule has 0 saturated heterocycles. The number of amides is 1. The van der Waals surface area contributed by atoms with Gasteiger partial charge in [-0.15, -0.1) is 0 Å². The van der Waals surface area contributed by atoms with Crippen molar-refractivity contribution in [2.24, 2.45) is 0 Å². The molecule has 0 atom stereocenters. The van der Waals surface area contributed by atoms with Crippen LogP contribution in [0.5, 0.6) is 0 Å². The van der Waals surface area contributed by atoms with Gasteiger partial charge in [0, 0.05) is 13.1 Å². The third-order valence-electron chi connectivity index (χ3n) is 2.38. The van der Waals surface area contributed by atoms with E-state index in [4.69, 9.17) is 21.4 Å². The summed E-state index contributed by atoms with van der Waals surface area (Å²) in [7, 11) is 0. The van der Waals surface area contributed by atoms with Gasteiger partial charge in [0.2, 0.25) is 0 Å². The smallest absolute Gasteiger partial charge is 0.407 e. The van der Waals surface area contributed by atoms with Gasteiger partial charge in [-0.2, -0.15) is 0 Å². The van der Waals surface area contributed by atoms with E-state index in [1.807, 2.05) is 0 Å². The number of aromatic nitrogens is 1. The first-order valence-corrected chi connectivity index (χ1v) is 7.17. The Morgan fingerprint density at radius 2 is 2.00 bits per heavy atom. The number of anilines is 1. The van der Waals surface area contributed by atoms with E-state index >= 15 is 0 Å². The molecular formula is C14H20ClN3O4. The Balaban J connectivity index is 2.32. The number of carboxylic acid groups (broad SMARTS) is 1. The number of hydrogen-bond donors (Lipinski definition) is 3. The Kier molecular flexibility index (Phi) is 6.42. The maximum Gasteiger partial charge on any atom is 0.407 e. The molecule has 0 radical (unpaired) electrons. The van der Waals surface area contributed by atoms with Gasteiger partial charge in [-0.05, 0) is 39.3 Å². The fraction of sp³-hybridized carbons (Fsp3) is 0.500. The fourth-order valence-corrected chi connectivity index (χ4v) is 1.69. The summed E-state index contributed by atoms with van der Waals surface area (Å²) in [5.41, 5.74) is -0.721. The van der Waals surface area contributed by atoms with Gasteiger partial charge in [-0.3, -0.25) is 0 Å². The van der Waals surface area contributed by atoms with Crippen LogP contribution in [0.3, 0.4) is 0 Å². The summed E-state index contributed by atoms with van der Waals surface area (Å²) in [5.74, 6) is -0.765. The molecular weight excluding hydrogens is 310 g/mol. The molecule has 0 aliphatic heterocycles. The van der Waals surface area contributed by atoms with Gasteiger partial charge < -0.3 is 20.5 Å². The van der Waals surface area contributed by atoms with Gasteiger partial charge in [0.1, 0.15) is 11.4 Å². The van der Waals surface area contributed by atoms with Crippen molar-refractivity contribution >= 4 is 29.5 Å². The second-order valence-corrected chi connectivity index (χ2v) is 5.95. The van der Waals surface area contributed by atoms with Gasteiger partial charge in [0.05, 0.1) is 5.02 Å². The van der Waals surface area contributed by atoms with Gasteiger partial charge in [0.15, 0.2) is 5.69 Å². The predicted molar refractivity (Wildman–Crippen MR) is 83.5 cm³/mol. The molecule has 7 nitrogen and oxygen atoms in total. The quantitative estimate of drug-likeness (QED) is 0.694. The van der Waals surface area contributed by atoms with Gasteiger partial charge in [-0.1, -0.05) is 11.6 Å². The van der Waals surface area contributed by atoms with E-state index < -0.39 is 17.7 Å². The van der Waals surface area contributed by atoms with Gasteiger partial charge in [-0.25, -0.2) is 14.6 Å². The SMILES string of the molecule is CC(C)(C)OC(=O)NCCCNc1ccc(Cl)c(C(=O)O)n1. The number of carboxylic acids is 1. The first-order valence-electron chi connectivity index (χ1n) is 6.79. The maximum atomic E-state index is 11.4. The average molecular weight is 330 g/mol. The Hall–Kier alpha value is -2.02. The number of carbonyl (C=O) groups excluding carboxylic acids is 1. The largest absolute Gasteiger partial charge is 0.476 e. The number of ether oxygens (including phenoxy) is 1. The highest BCUT2D eigenvalue weighted by Crippen LogP contribution is 2.16. The monoisotopic (exact) mass is 329 g/mol. The fourth-order valence-electron chi connectivity index (χ4n) is 1.50. The topological polar surface area (TPSA) is 101 Å². The average Bonchev–Trinajstić information content (AvgIpc) is 2.37. The minimum atomic E-state index is -1.18. The van der Waals surface area contributed by atoms with E-state index in [0.717, 1.165) is 0 Å². The standard InChI is InChI=1S/C14H20ClN3O4/c1-14(2,3)22-13(21)17-8-4-7-16-10-6-5-9(15)11(18-10)12(19)20/h5-6H,4,7-8H2,1-3H3,(H,16,18)(H,17,21)(H,19,20). The van der Waals surface area contributed by atoms with Crippen LogP contribution in [0.4, 0.5) is 10.6 Å². The molecule has 1 aromatic heterocycles. The van der Waals surface area contributed by atoms with Gasteiger partial charge >= 0.3 is 12.1 Å². The molecule has 0 fully saturated rings. The lowest BCUT2D eigenvalue weighted by Gasteiger charge is -2.19. The number of nitrogens with one attached hydrogen (secondary N) is 2. The molecule has 122 valence electrons. The third kappa shape index (κ3) is 6.62. The molecule has 0 aliphatic rings. The summed E-state index contributed by atoms with van der Waals surface area (Å²) < 4.78 is 5.10. The van der Waals surface area contributed by atoms with Crippen molar-refractivity contribution in [2.45, 2.75) is 32.8 Å². The molecule has 1 amide bonds.